The second kappa shape index (κ2) is 5.56. The quantitative estimate of drug-likeness (QED) is 0.751. The molecule has 6 heteroatoms. The highest BCUT2D eigenvalue weighted by Gasteiger charge is 2.38. The molecule has 0 aromatic heterocycles. The van der Waals surface area contributed by atoms with E-state index in [2.05, 4.69) is 10.1 Å². The first-order valence-electron chi connectivity index (χ1n) is 6.43. The van der Waals surface area contributed by atoms with Crippen molar-refractivity contribution in [3.63, 3.8) is 0 Å². The van der Waals surface area contributed by atoms with Crippen LogP contribution in [-0.4, -0.2) is 54.4 Å². The van der Waals surface area contributed by atoms with Crippen molar-refractivity contribution in [1.29, 1.82) is 0 Å². The number of hydrogen-bond donors (Lipinski definition) is 2. The van der Waals surface area contributed by atoms with E-state index in [0.29, 0.717) is 13.1 Å². The van der Waals surface area contributed by atoms with E-state index < -0.39 is 18.2 Å². The lowest BCUT2D eigenvalue weighted by atomic mass is 9.95. The molecule has 2 fully saturated rings. The second-order valence-electron chi connectivity index (χ2n) is 5.06. The number of nitrogens with zero attached hydrogens (tertiary/aromatic N) is 1. The van der Waals surface area contributed by atoms with Crippen LogP contribution in [0.2, 0.25) is 0 Å². The number of carbonyl (C=O) groups is 2. The third-order valence-corrected chi connectivity index (χ3v) is 3.77. The summed E-state index contributed by atoms with van der Waals surface area (Å²) in [4.78, 5) is 25.2. The number of carbonyl (C=O) groups excluding carboxylic acids is 2. The molecular weight excluding hydrogens is 236 g/mol. The van der Waals surface area contributed by atoms with E-state index in [0.717, 1.165) is 25.7 Å². The van der Waals surface area contributed by atoms with Crippen LogP contribution in [0.15, 0.2) is 0 Å². The Balaban J connectivity index is 1.98. The fourth-order valence-corrected chi connectivity index (χ4v) is 2.69. The van der Waals surface area contributed by atoms with Crippen LogP contribution in [0.3, 0.4) is 0 Å². The maximum absolute atomic E-state index is 12.3. The number of rotatable bonds is 3. The van der Waals surface area contributed by atoms with E-state index in [1.165, 1.54) is 7.11 Å². The number of alkyl carbamates (subject to hydrolysis) is 1. The van der Waals surface area contributed by atoms with Gasteiger partial charge in [-0.3, -0.25) is 4.79 Å². The van der Waals surface area contributed by atoms with Gasteiger partial charge in [0.15, 0.2) is 0 Å². The average molecular weight is 256 g/mol. The third-order valence-electron chi connectivity index (χ3n) is 3.77. The molecule has 2 rings (SSSR count). The van der Waals surface area contributed by atoms with Crippen LogP contribution in [0.4, 0.5) is 4.79 Å². The van der Waals surface area contributed by atoms with Gasteiger partial charge in [0.1, 0.15) is 6.04 Å². The molecule has 1 aliphatic carbocycles. The minimum absolute atomic E-state index is 0.0994. The Kier molecular flexibility index (Phi) is 4.06. The van der Waals surface area contributed by atoms with E-state index in [1.807, 2.05) is 0 Å². The zero-order valence-electron chi connectivity index (χ0n) is 10.6. The van der Waals surface area contributed by atoms with Crippen molar-refractivity contribution in [2.75, 3.05) is 20.2 Å². The fourth-order valence-electron chi connectivity index (χ4n) is 2.69. The highest BCUT2D eigenvalue weighted by Crippen LogP contribution is 2.29. The molecule has 6 nitrogen and oxygen atoms in total. The summed E-state index contributed by atoms with van der Waals surface area (Å²) in [6.07, 6.45) is 3.12. The van der Waals surface area contributed by atoms with E-state index in [4.69, 9.17) is 0 Å². The van der Waals surface area contributed by atoms with Gasteiger partial charge in [-0.25, -0.2) is 4.79 Å². The summed E-state index contributed by atoms with van der Waals surface area (Å²) in [5.74, 6) is 0.0898. The predicted octanol–water partition coefficient (Wildman–Crippen LogP) is 0.104. The van der Waals surface area contributed by atoms with Crippen molar-refractivity contribution >= 4 is 12.0 Å². The lowest BCUT2D eigenvalue weighted by molar-refractivity contribution is -0.144. The van der Waals surface area contributed by atoms with Gasteiger partial charge < -0.3 is 20.1 Å². The lowest BCUT2D eigenvalue weighted by Crippen LogP contribution is -2.60. The summed E-state index contributed by atoms with van der Waals surface area (Å²) in [7, 11) is 1.29. The number of aliphatic hydroxyl groups is 1. The van der Waals surface area contributed by atoms with Crippen molar-refractivity contribution in [3.05, 3.63) is 0 Å². The molecule has 0 aromatic carbocycles. The zero-order chi connectivity index (χ0) is 13.1. The molecule has 1 atom stereocenters. The molecule has 102 valence electrons. The minimum Gasteiger partial charge on any atom is -0.453 e. The van der Waals surface area contributed by atoms with E-state index in [9.17, 15) is 14.7 Å². The number of hydrogen-bond acceptors (Lipinski definition) is 4. The summed E-state index contributed by atoms with van der Waals surface area (Å²) >= 11 is 0. The minimum atomic E-state index is -0.568. The van der Waals surface area contributed by atoms with Crippen LogP contribution < -0.4 is 5.32 Å². The summed E-state index contributed by atoms with van der Waals surface area (Å²) in [5, 5.41) is 11.9. The summed E-state index contributed by atoms with van der Waals surface area (Å²) in [6.45, 7) is 0.732. The SMILES string of the molecule is COC(=O)N[C@@H](C(=O)N1CC(O)C1)C1CCCC1. The van der Waals surface area contributed by atoms with Gasteiger partial charge >= 0.3 is 6.09 Å². The van der Waals surface area contributed by atoms with Gasteiger partial charge in [0, 0.05) is 13.1 Å². The van der Waals surface area contributed by atoms with E-state index in [1.54, 1.807) is 4.90 Å². The molecule has 0 unspecified atom stereocenters. The van der Waals surface area contributed by atoms with Crippen LogP contribution in [0.1, 0.15) is 25.7 Å². The zero-order valence-corrected chi connectivity index (χ0v) is 10.6. The van der Waals surface area contributed by atoms with Gasteiger partial charge in [0.2, 0.25) is 5.91 Å². The van der Waals surface area contributed by atoms with Gasteiger partial charge in [-0.05, 0) is 18.8 Å². The van der Waals surface area contributed by atoms with Crippen LogP contribution in [0, 0.1) is 5.92 Å². The Labute approximate surface area is 106 Å². The number of likely N-dealkylation sites (tertiary alicyclic amines) is 1. The highest BCUT2D eigenvalue weighted by molar-refractivity contribution is 5.86. The number of aliphatic hydroxyl groups excluding tert-OH is 1. The van der Waals surface area contributed by atoms with Crippen LogP contribution in [-0.2, 0) is 9.53 Å². The molecular formula is C12H20N2O4. The van der Waals surface area contributed by atoms with E-state index in [-0.39, 0.29) is 11.8 Å². The largest absolute Gasteiger partial charge is 0.453 e. The molecule has 1 heterocycles. The molecule has 2 amide bonds. The van der Waals surface area contributed by atoms with Crippen molar-refractivity contribution in [3.8, 4) is 0 Å². The second-order valence-corrected chi connectivity index (χ2v) is 5.06. The van der Waals surface area contributed by atoms with Crippen LogP contribution in [0.5, 0.6) is 0 Å². The smallest absolute Gasteiger partial charge is 0.407 e. The van der Waals surface area contributed by atoms with Gasteiger partial charge in [-0.1, -0.05) is 12.8 Å². The molecule has 2 N–H and O–H groups in total. The first-order valence-corrected chi connectivity index (χ1v) is 6.43. The summed E-state index contributed by atoms with van der Waals surface area (Å²) < 4.78 is 4.57. The van der Waals surface area contributed by atoms with Gasteiger partial charge in [0.05, 0.1) is 13.2 Å². The summed E-state index contributed by atoms with van der Waals surface area (Å²) in [6, 6.07) is -0.507. The molecule has 0 spiro atoms. The Hall–Kier alpha value is -1.30. The van der Waals surface area contributed by atoms with Crippen LogP contribution >= 0.6 is 0 Å². The molecule has 0 radical (unpaired) electrons. The molecule has 0 aromatic rings. The predicted molar refractivity (Wildman–Crippen MR) is 63.9 cm³/mol. The van der Waals surface area contributed by atoms with Crippen molar-refractivity contribution in [2.45, 2.75) is 37.8 Å². The molecule has 0 bridgehead atoms. The monoisotopic (exact) mass is 256 g/mol. The fraction of sp³-hybridized carbons (Fsp3) is 0.833. The molecule has 18 heavy (non-hydrogen) atoms. The normalized spacial score (nSPS) is 22.4. The maximum atomic E-state index is 12.3. The van der Waals surface area contributed by atoms with Gasteiger partial charge in [-0.2, -0.15) is 0 Å². The first-order chi connectivity index (χ1) is 8.61. The Morgan fingerprint density at radius 2 is 1.94 bits per heavy atom. The maximum Gasteiger partial charge on any atom is 0.407 e. The lowest BCUT2D eigenvalue weighted by Gasteiger charge is -2.39. The number of amides is 2. The molecule has 1 aliphatic heterocycles. The topological polar surface area (TPSA) is 78.9 Å². The molecule has 2 aliphatic rings. The molecule has 1 saturated carbocycles. The Morgan fingerprint density at radius 3 is 2.44 bits per heavy atom. The molecule has 1 saturated heterocycles. The number of β-amino-alcohol motifs (C(OH)–C–C–N with tert-alkyl or cyclic N) is 1. The van der Waals surface area contributed by atoms with E-state index >= 15 is 0 Å². The highest BCUT2D eigenvalue weighted by atomic mass is 16.5. The average Bonchev–Trinajstić information content (AvgIpc) is 2.84. The van der Waals surface area contributed by atoms with Gasteiger partial charge in [0.25, 0.3) is 0 Å². The number of nitrogens with one attached hydrogen (secondary N) is 1. The Bertz CT molecular complexity index is 322. The standard InChI is InChI=1S/C12H20N2O4/c1-18-12(17)13-10(8-4-2-3-5-8)11(16)14-6-9(15)7-14/h8-10,15H,2-7H2,1H3,(H,13,17)/t10-/m1/s1. The third kappa shape index (κ3) is 2.75. The van der Waals surface area contributed by atoms with Crippen molar-refractivity contribution in [1.82, 2.24) is 10.2 Å². The first kappa shape index (κ1) is 13.1. The number of ether oxygens (including phenoxy) is 1. The van der Waals surface area contributed by atoms with Crippen molar-refractivity contribution in [2.24, 2.45) is 5.92 Å². The Morgan fingerprint density at radius 1 is 1.33 bits per heavy atom. The van der Waals surface area contributed by atoms with Gasteiger partial charge in [-0.15, -0.1) is 0 Å². The number of methoxy groups -OCH3 is 1. The van der Waals surface area contributed by atoms with Crippen molar-refractivity contribution < 1.29 is 19.4 Å². The van der Waals surface area contributed by atoms with Crippen LogP contribution in [0.25, 0.3) is 0 Å². The summed E-state index contributed by atoms with van der Waals surface area (Å²) in [5.41, 5.74) is 0.